The number of hydrogen-bond acceptors (Lipinski definition) is 3. The maximum Gasteiger partial charge on any atom is 0.254 e. The van der Waals surface area contributed by atoms with Crippen LogP contribution in [0.3, 0.4) is 0 Å². The van der Waals surface area contributed by atoms with Gasteiger partial charge in [-0.1, -0.05) is 47.5 Å². The highest BCUT2D eigenvalue weighted by molar-refractivity contribution is 6.42. The second-order valence-corrected chi connectivity index (χ2v) is 8.09. The van der Waals surface area contributed by atoms with Crippen LogP contribution in [0.5, 0.6) is 0 Å². The smallest absolute Gasteiger partial charge is 0.254 e. The van der Waals surface area contributed by atoms with E-state index in [1.165, 1.54) is 6.42 Å². The van der Waals surface area contributed by atoms with E-state index in [-0.39, 0.29) is 12.2 Å². The predicted molar refractivity (Wildman–Crippen MR) is 118 cm³/mol. The van der Waals surface area contributed by atoms with Crippen LogP contribution in [0.25, 0.3) is 11.1 Å². The molecule has 1 fully saturated rings. The zero-order chi connectivity index (χ0) is 20.6. The van der Waals surface area contributed by atoms with Gasteiger partial charge in [0.2, 0.25) is 0 Å². The number of ether oxygens (including phenoxy) is 2. The molecule has 4 nitrogen and oxygen atoms in total. The molecule has 0 spiro atoms. The minimum atomic E-state index is -0.0545. The minimum absolute atomic E-state index is 0.0109. The zero-order valence-electron chi connectivity index (χ0n) is 16.7. The summed E-state index contributed by atoms with van der Waals surface area (Å²) in [6.07, 6.45) is 4.98. The molecule has 0 radical (unpaired) electrons. The summed E-state index contributed by atoms with van der Waals surface area (Å²) in [5, 5.41) is 0.971. The van der Waals surface area contributed by atoms with Crippen LogP contribution >= 0.6 is 23.2 Å². The molecule has 0 bridgehead atoms. The van der Waals surface area contributed by atoms with Gasteiger partial charge in [-0.15, -0.1) is 0 Å². The minimum Gasteiger partial charge on any atom is -0.353 e. The molecule has 1 saturated heterocycles. The van der Waals surface area contributed by atoms with E-state index in [0.717, 1.165) is 43.4 Å². The first-order valence-electron chi connectivity index (χ1n) is 10.1. The van der Waals surface area contributed by atoms with Crippen LogP contribution < -0.4 is 0 Å². The van der Waals surface area contributed by atoms with Crippen molar-refractivity contribution >= 4 is 29.1 Å². The zero-order valence-corrected chi connectivity index (χ0v) is 18.2. The second kappa shape index (κ2) is 11.0. The van der Waals surface area contributed by atoms with Crippen LogP contribution in [0.2, 0.25) is 10.0 Å². The molecule has 1 amide bonds. The predicted octanol–water partition coefficient (Wildman–Crippen LogP) is 6.06. The molecule has 6 heteroatoms. The molecule has 2 aromatic rings. The molecule has 0 aliphatic carbocycles. The molecule has 1 heterocycles. The summed E-state index contributed by atoms with van der Waals surface area (Å²) in [4.78, 5) is 14.8. The van der Waals surface area contributed by atoms with Crippen molar-refractivity contribution < 1.29 is 14.3 Å². The van der Waals surface area contributed by atoms with Crippen molar-refractivity contribution in [2.45, 2.75) is 38.4 Å². The Labute approximate surface area is 182 Å². The topological polar surface area (TPSA) is 38.8 Å². The first-order valence-corrected chi connectivity index (χ1v) is 10.8. The highest BCUT2D eigenvalue weighted by Gasteiger charge is 2.17. The van der Waals surface area contributed by atoms with Crippen LogP contribution in [0, 0.1) is 0 Å². The maximum atomic E-state index is 13.0. The van der Waals surface area contributed by atoms with Crippen LogP contribution in [-0.2, 0) is 9.47 Å². The average molecular weight is 436 g/mol. The Balaban J connectivity index is 1.54. The summed E-state index contributed by atoms with van der Waals surface area (Å²) >= 11 is 12.2. The standard InChI is InChI=1S/C23H27Cl2NO3/c1-26(13-5-7-15-29-22-10-4-6-14-28-22)23(27)19-9-3-2-8-18(19)17-11-12-20(24)21(25)16-17/h2-3,8-9,11-12,16,22H,4-7,10,13-15H2,1H3. The summed E-state index contributed by atoms with van der Waals surface area (Å²) in [6.45, 7) is 2.12. The first-order chi connectivity index (χ1) is 14.1. The van der Waals surface area contributed by atoms with Crippen molar-refractivity contribution in [1.29, 1.82) is 0 Å². The van der Waals surface area contributed by atoms with E-state index in [1.807, 2.05) is 37.4 Å². The van der Waals surface area contributed by atoms with Gasteiger partial charge in [0.25, 0.3) is 5.91 Å². The number of carbonyl (C=O) groups is 1. The number of amides is 1. The fourth-order valence-electron chi connectivity index (χ4n) is 3.40. The second-order valence-electron chi connectivity index (χ2n) is 7.28. The Morgan fingerprint density at radius 3 is 2.72 bits per heavy atom. The summed E-state index contributed by atoms with van der Waals surface area (Å²) < 4.78 is 11.3. The molecular weight excluding hydrogens is 409 g/mol. The molecule has 2 aromatic carbocycles. The molecular formula is C23H27Cl2NO3. The van der Waals surface area contributed by atoms with Gasteiger partial charge < -0.3 is 14.4 Å². The summed E-state index contributed by atoms with van der Waals surface area (Å²) in [7, 11) is 1.83. The van der Waals surface area contributed by atoms with Crippen LogP contribution in [-0.4, -0.2) is 43.9 Å². The normalized spacial score (nSPS) is 16.6. The molecule has 0 saturated carbocycles. The third-order valence-corrected chi connectivity index (χ3v) is 5.80. The molecule has 1 atom stereocenters. The Kier molecular flexibility index (Phi) is 8.37. The van der Waals surface area contributed by atoms with E-state index in [1.54, 1.807) is 17.0 Å². The first kappa shape index (κ1) is 22.1. The maximum absolute atomic E-state index is 13.0. The van der Waals surface area contributed by atoms with Gasteiger partial charge in [-0.2, -0.15) is 0 Å². The highest BCUT2D eigenvalue weighted by atomic mass is 35.5. The van der Waals surface area contributed by atoms with Crippen LogP contribution in [0.1, 0.15) is 42.5 Å². The monoisotopic (exact) mass is 435 g/mol. The Bertz CT molecular complexity index is 822. The van der Waals surface area contributed by atoms with Crippen molar-refractivity contribution in [3.63, 3.8) is 0 Å². The number of unbranched alkanes of at least 4 members (excludes halogenated alkanes) is 1. The van der Waals surface area contributed by atoms with Gasteiger partial charge in [0.05, 0.1) is 10.0 Å². The van der Waals surface area contributed by atoms with E-state index in [0.29, 0.717) is 28.8 Å². The van der Waals surface area contributed by atoms with Gasteiger partial charge in [-0.3, -0.25) is 4.79 Å². The average Bonchev–Trinajstić information content (AvgIpc) is 2.75. The van der Waals surface area contributed by atoms with Gasteiger partial charge in [0, 0.05) is 32.4 Å². The van der Waals surface area contributed by atoms with Crippen molar-refractivity contribution in [3.05, 3.63) is 58.1 Å². The van der Waals surface area contributed by atoms with Crippen molar-refractivity contribution in [1.82, 2.24) is 4.90 Å². The molecule has 1 unspecified atom stereocenters. The van der Waals surface area contributed by atoms with E-state index < -0.39 is 0 Å². The molecule has 156 valence electrons. The van der Waals surface area contributed by atoms with Crippen LogP contribution in [0.15, 0.2) is 42.5 Å². The van der Waals surface area contributed by atoms with Gasteiger partial charge in [-0.05, 0) is 61.4 Å². The molecule has 29 heavy (non-hydrogen) atoms. The van der Waals surface area contributed by atoms with Gasteiger partial charge in [-0.25, -0.2) is 0 Å². The quantitative estimate of drug-likeness (QED) is 0.473. The molecule has 0 aromatic heterocycles. The number of benzene rings is 2. The number of halogens is 2. The van der Waals surface area contributed by atoms with E-state index in [4.69, 9.17) is 32.7 Å². The third-order valence-electron chi connectivity index (χ3n) is 5.06. The number of nitrogens with zero attached hydrogens (tertiary/aromatic N) is 1. The van der Waals surface area contributed by atoms with Crippen LogP contribution in [0.4, 0.5) is 0 Å². The fourth-order valence-corrected chi connectivity index (χ4v) is 3.70. The van der Waals surface area contributed by atoms with E-state index in [9.17, 15) is 4.79 Å². The van der Waals surface area contributed by atoms with E-state index >= 15 is 0 Å². The Morgan fingerprint density at radius 2 is 1.97 bits per heavy atom. The molecule has 3 rings (SSSR count). The number of hydrogen-bond donors (Lipinski definition) is 0. The molecule has 1 aliphatic rings. The summed E-state index contributed by atoms with van der Waals surface area (Å²) in [5.41, 5.74) is 2.37. The van der Waals surface area contributed by atoms with E-state index in [2.05, 4.69) is 0 Å². The summed E-state index contributed by atoms with van der Waals surface area (Å²) in [6, 6.07) is 13.0. The fraction of sp³-hybridized carbons (Fsp3) is 0.435. The lowest BCUT2D eigenvalue weighted by Gasteiger charge is -2.23. The van der Waals surface area contributed by atoms with Gasteiger partial charge in [0.15, 0.2) is 6.29 Å². The third kappa shape index (κ3) is 6.19. The lowest BCUT2D eigenvalue weighted by atomic mass is 9.99. The Morgan fingerprint density at radius 1 is 1.14 bits per heavy atom. The number of carbonyl (C=O) groups excluding carboxylic acids is 1. The lowest BCUT2D eigenvalue weighted by Crippen LogP contribution is -2.28. The number of rotatable bonds is 8. The van der Waals surface area contributed by atoms with Crippen molar-refractivity contribution in [2.75, 3.05) is 26.8 Å². The van der Waals surface area contributed by atoms with Gasteiger partial charge in [0.1, 0.15) is 0 Å². The van der Waals surface area contributed by atoms with Gasteiger partial charge >= 0.3 is 0 Å². The van der Waals surface area contributed by atoms with Crippen molar-refractivity contribution in [3.8, 4) is 11.1 Å². The Hall–Kier alpha value is -1.59. The van der Waals surface area contributed by atoms with Crippen molar-refractivity contribution in [2.24, 2.45) is 0 Å². The largest absolute Gasteiger partial charge is 0.353 e. The molecule has 1 aliphatic heterocycles. The molecule has 0 N–H and O–H groups in total. The SMILES string of the molecule is CN(CCCCOC1CCCCO1)C(=O)c1ccccc1-c1ccc(Cl)c(Cl)c1. The summed E-state index contributed by atoms with van der Waals surface area (Å²) in [5.74, 6) is -0.0109. The highest BCUT2D eigenvalue weighted by Crippen LogP contribution is 2.31. The lowest BCUT2D eigenvalue weighted by molar-refractivity contribution is -0.162.